The van der Waals surface area contributed by atoms with Crippen LogP contribution in [0.2, 0.25) is 15.1 Å². The van der Waals surface area contributed by atoms with Crippen molar-refractivity contribution in [1.29, 1.82) is 0 Å². The fourth-order valence-corrected chi connectivity index (χ4v) is 5.71. The maximum atomic E-state index is 13.1. The van der Waals surface area contributed by atoms with Gasteiger partial charge >= 0.3 is 5.97 Å². The number of rotatable bonds is 7. The molecule has 3 aromatic rings. The highest BCUT2D eigenvalue weighted by Gasteiger charge is 2.30. The van der Waals surface area contributed by atoms with Crippen LogP contribution in [0, 0.1) is 0 Å². The van der Waals surface area contributed by atoms with Gasteiger partial charge in [-0.25, -0.2) is 13.2 Å². The van der Waals surface area contributed by atoms with Gasteiger partial charge in [-0.05, 0) is 53.9 Å². The molecule has 9 nitrogen and oxygen atoms in total. The van der Waals surface area contributed by atoms with Crippen molar-refractivity contribution in [2.75, 3.05) is 12.8 Å². The first-order valence-corrected chi connectivity index (χ1v) is 14.3. The monoisotopic (exact) mass is 597 g/mol. The van der Waals surface area contributed by atoms with E-state index in [0.29, 0.717) is 34.7 Å². The van der Waals surface area contributed by atoms with Gasteiger partial charge in [-0.15, -0.1) is 0 Å². The molecule has 13 heteroatoms. The summed E-state index contributed by atoms with van der Waals surface area (Å²) in [4.78, 5) is 39.5. The molecule has 0 fully saturated rings. The van der Waals surface area contributed by atoms with E-state index >= 15 is 0 Å². The summed E-state index contributed by atoms with van der Waals surface area (Å²) >= 11 is 18.9. The topological polar surface area (TPSA) is 126 Å². The van der Waals surface area contributed by atoms with E-state index in [0.717, 1.165) is 6.26 Å². The van der Waals surface area contributed by atoms with E-state index in [1.165, 1.54) is 23.0 Å². The fourth-order valence-electron chi connectivity index (χ4n) is 4.19. The number of benzene rings is 2. The Balaban J connectivity index is 1.53. The SMILES string of the molecule is CS(=O)(=O)c1ccn(C[C@H](NC(=O)c2c(Cl)cc3c(c2Cl)CCN(C(=O)c2ccc(Cl)cc2)C3)C(=O)O)c1. The van der Waals surface area contributed by atoms with Crippen molar-refractivity contribution in [2.24, 2.45) is 0 Å². The number of aliphatic carboxylic acids is 1. The Morgan fingerprint density at radius 1 is 1.11 bits per heavy atom. The van der Waals surface area contributed by atoms with Gasteiger partial charge in [0, 0.05) is 42.3 Å². The summed E-state index contributed by atoms with van der Waals surface area (Å²) in [6.07, 6.45) is 4.10. The van der Waals surface area contributed by atoms with E-state index in [1.807, 2.05) is 0 Å². The van der Waals surface area contributed by atoms with Gasteiger partial charge in [-0.3, -0.25) is 9.59 Å². The van der Waals surface area contributed by atoms with Gasteiger partial charge in [0.2, 0.25) is 0 Å². The number of aromatic nitrogens is 1. The zero-order valence-corrected chi connectivity index (χ0v) is 23.0. The van der Waals surface area contributed by atoms with Crippen molar-refractivity contribution in [2.45, 2.75) is 30.4 Å². The lowest BCUT2D eigenvalue weighted by molar-refractivity contribution is -0.139. The number of nitrogens with zero attached hydrogens (tertiary/aromatic N) is 2. The third kappa shape index (κ3) is 5.99. The molecule has 4 rings (SSSR count). The second-order valence-corrected chi connectivity index (χ2v) is 12.1. The number of carbonyl (C=O) groups is 3. The van der Waals surface area contributed by atoms with Crippen LogP contribution in [0.3, 0.4) is 0 Å². The van der Waals surface area contributed by atoms with Crippen molar-refractivity contribution in [3.8, 4) is 0 Å². The molecular weight excluding hydrogens is 577 g/mol. The van der Waals surface area contributed by atoms with Gasteiger partial charge in [-0.2, -0.15) is 0 Å². The summed E-state index contributed by atoms with van der Waals surface area (Å²) in [7, 11) is -3.47. The maximum absolute atomic E-state index is 13.1. The molecule has 0 saturated heterocycles. The molecule has 1 aliphatic rings. The quantitative estimate of drug-likeness (QED) is 0.425. The van der Waals surface area contributed by atoms with Crippen LogP contribution in [-0.2, 0) is 34.1 Å². The molecule has 2 N–H and O–H groups in total. The average Bonchev–Trinajstić information content (AvgIpc) is 3.32. The number of carboxylic acid groups (broad SMARTS) is 1. The predicted octanol–water partition coefficient (Wildman–Crippen LogP) is 3.93. The van der Waals surface area contributed by atoms with Crippen LogP contribution in [0.15, 0.2) is 53.7 Å². The summed E-state index contributed by atoms with van der Waals surface area (Å²) in [5.41, 5.74) is 1.74. The van der Waals surface area contributed by atoms with E-state index in [2.05, 4.69) is 5.32 Å². The first kappa shape index (κ1) is 28.0. The minimum Gasteiger partial charge on any atom is -0.480 e. The highest BCUT2D eigenvalue weighted by Crippen LogP contribution is 2.35. The second-order valence-electron chi connectivity index (χ2n) is 8.85. The van der Waals surface area contributed by atoms with Gasteiger partial charge in [0.25, 0.3) is 11.8 Å². The van der Waals surface area contributed by atoms with E-state index < -0.39 is 27.8 Å². The van der Waals surface area contributed by atoms with Crippen LogP contribution in [-0.4, -0.2) is 59.6 Å². The molecule has 0 saturated carbocycles. The molecule has 0 unspecified atom stereocenters. The molecular formula is C25H22Cl3N3O6S. The normalized spacial score (nSPS) is 14.1. The number of carbonyl (C=O) groups excluding carboxylic acids is 2. The second kappa shape index (κ2) is 11.0. The summed E-state index contributed by atoms with van der Waals surface area (Å²) < 4.78 is 24.8. The number of halogens is 3. The number of amides is 2. The number of fused-ring (bicyclic) bond motifs is 1. The highest BCUT2D eigenvalue weighted by atomic mass is 35.5. The minimum absolute atomic E-state index is 0.0107. The summed E-state index contributed by atoms with van der Waals surface area (Å²) in [6.45, 7) is 0.357. The molecule has 1 aliphatic heterocycles. The van der Waals surface area contributed by atoms with Gasteiger partial charge < -0.3 is 19.9 Å². The molecule has 2 amide bonds. The Bertz CT molecular complexity index is 1540. The van der Waals surface area contributed by atoms with Gasteiger partial charge in [0.05, 0.1) is 27.0 Å². The number of sulfone groups is 1. The molecule has 200 valence electrons. The fraction of sp³-hybridized carbons (Fsp3) is 0.240. The van der Waals surface area contributed by atoms with E-state index in [1.54, 1.807) is 35.2 Å². The average molecular weight is 599 g/mol. The lowest BCUT2D eigenvalue weighted by Crippen LogP contribution is -2.44. The molecule has 1 aromatic heterocycles. The lowest BCUT2D eigenvalue weighted by atomic mass is 9.96. The molecule has 2 heterocycles. The predicted molar refractivity (Wildman–Crippen MR) is 143 cm³/mol. The number of carboxylic acids is 1. The van der Waals surface area contributed by atoms with Crippen LogP contribution >= 0.6 is 34.8 Å². The lowest BCUT2D eigenvalue weighted by Gasteiger charge is -2.30. The molecule has 2 aromatic carbocycles. The summed E-state index contributed by atoms with van der Waals surface area (Å²) in [5, 5.41) is 12.7. The van der Waals surface area contributed by atoms with Crippen molar-refractivity contribution in [1.82, 2.24) is 14.8 Å². The van der Waals surface area contributed by atoms with E-state index in [4.69, 9.17) is 34.8 Å². The molecule has 38 heavy (non-hydrogen) atoms. The van der Waals surface area contributed by atoms with Crippen LogP contribution in [0.5, 0.6) is 0 Å². The minimum atomic E-state index is -3.47. The first-order chi connectivity index (χ1) is 17.8. The van der Waals surface area contributed by atoms with Gasteiger partial charge in [-0.1, -0.05) is 34.8 Å². The highest BCUT2D eigenvalue weighted by molar-refractivity contribution is 7.90. The van der Waals surface area contributed by atoms with Crippen LogP contribution in [0.1, 0.15) is 31.8 Å². The third-order valence-corrected chi connectivity index (χ3v) is 8.22. The molecule has 0 spiro atoms. The summed E-state index contributed by atoms with van der Waals surface area (Å²) in [5.74, 6) is -2.30. The van der Waals surface area contributed by atoms with E-state index in [9.17, 15) is 27.9 Å². The Kier molecular flexibility index (Phi) is 8.08. The zero-order valence-electron chi connectivity index (χ0n) is 19.9. The molecule has 0 radical (unpaired) electrons. The Labute approximate surface area is 233 Å². The van der Waals surface area contributed by atoms with Crippen LogP contribution in [0.25, 0.3) is 0 Å². The van der Waals surface area contributed by atoms with Crippen LogP contribution < -0.4 is 5.32 Å². The Morgan fingerprint density at radius 2 is 1.79 bits per heavy atom. The number of nitrogens with one attached hydrogen (secondary N) is 1. The molecule has 0 bridgehead atoms. The largest absolute Gasteiger partial charge is 0.480 e. The zero-order chi connectivity index (χ0) is 27.8. The van der Waals surface area contributed by atoms with Crippen LogP contribution in [0.4, 0.5) is 0 Å². The maximum Gasteiger partial charge on any atom is 0.328 e. The third-order valence-electron chi connectivity index (χ3n) is 6.16. The van der Waals surface area contributed by atoms with Crippen molar-refractivity contribution in [3.05, 3.63) is 86.1 Å². The standard InChI is InChI=1S/C25H22Cl3N3O6S/c1-38(36,37)17-6-8-30(12-17)13-20(25(34)35)29-23(32)21-19(27)10-15-11-31(9-7-18(15)22(21)28)24(33)14-2-4-16(26)5-3-14/h2-6,8,10,12,20H,7,9,11,13H2,1H3,(H,29,32)(H,34,35)/t20-/m0/s1. The Morgan fingerprint density at radius 3 is 2.39 bits per heavy atom. The van der Waals surface area contributed by atoms with Gasteiger partial charge in [0.1, 0.15) is 6.04 Å². The first-order valence-electron chi connectivity index (χ1n) is 11.3. The number of hydrogen-bond acceptors (Lipinski definition) is 5. The van der Waals surface area contributed by atoms with Crippen molar-refractivity contribution >= 4 is 62.4 Å². The van der Waals surface area contributed by atoms with Crippen molar-refractivity contribution in [3.63, 3.8) is 0 Å². The van der Waals surface area contributed by atoms with Gasteiger partial charge in [0.15, 0.2) is 9.84 Å². The summed E-state index contributed by atoms with van der Waals surface area (Å²) in [6, 6.07) is 8.06. The molecule has 0 aliphatic carbocycles. The molecule has 1 atom stereocenters. The Hall–Kier alpha value is -3.05. The van der Waals surface area contributed by atoms with E-state index in [-0.39, 0.29) is 39.5 Å². The number of hydrogen-bond donors (Lipinski definition) is 2. The van der Waals surface area contributed by atoms with Crippen molar-refractivity contribution < 1.29 is 27.9 Å². The smallest absolute Gasteiger partial charge is 0.328 e.